The van der Waals surface area contributed by atoms with Crippen molar-refractivity contribution >= 4 is 10.0 Å². The van der Waals surface area contributed by atoms with Crippen LogP contribution in [0.1, 0.15) is 16.7 Å². The van der Waals surface area contributed by atoms with Crippen LogP contribution in [0, 0.1) is 13.8 Å². The van der Waals surface area contributed by atoms with Gasteiger partial charge in [-0.05, 0) is 43.7 Å². The number of hydrogen-bond donors (Lipinski definition) is 1. The topological polar surface area (TPSA) is 49.4 Å². The fourth-order valence-corrected chi connectivity index (χ4v) is 3.90. The Kier molecular flexibility index (Phi) is 6.33. The molecule has 116 valence electrons. The molecule has 0 radical (unpaired) electrons. The average molecular weight is 308 g/mol. The molecule has 0 amide bonds. The molecule has 0 heterocycles. The number of nitrogens with zero attached hydrogens (tertiary/aromatic N) is 1. The van der Waals surface area contributed by atoms with Crippen LogP contribution in [-0.2, 0) is 16.6 Å². The summed E-state index contributed by atoms with van der Waals surface area (Å²) >= 11 is 0. The molecule has 0 bridgehead atoms. The van der Waals surface area contributed by atoms with Gasteiger partial charge in [0.2, 0.25) is 10.0 Å². The summed E-state index contributed by atoms with van der Waals surface area (Å²) in [7, 11) is -1.72. The van der Waals surface area contributed by atoms with E-state index in [0.717, 1.165) is 16.7 Å². The second-order valence-corrected chi connectivity index (χ2v) is 6.87. The predicted octanol–water partition coefficient (Wildman–Crippen LogP) is 2.39. The van der Waals surface area contributed by atoms with E-state index in [1.54, 1.807) is 18.2 Å². The van der Waals surface area contributed by atoms with Gasteiger partial charge in [0.05, 0.1) is 4.90 Å². The fourth-order valence-electron chi connectivity index (χ4n) is 2.17. The summed E-state index contributed by atoms with van der Waals surface area (Å²) in [4.78, 5) is 0.358. The third-order valence-electron chi connectivity index (χ3n) is 3.34. The third-order valence-corrected chi connectivity index (χ3v) is 5.30. The standard InChI is InChI=1S/C16H24N2O2S/c1-6-8-18(9-7-2)21(19,20)16-11-15(12-17-5)10-13(3)14(16)4/h6-7,10-11,17H,1-2,8-9,12H2,3-5H3. The molecule has 1 N–H and O–H groups in total. The van der Waals surface area contributed by atoms with Crippen LogP contribution >= 0.6 is 0 Å². The summed E-state index contributed by atoms with van der Waals surface area (Å²) < 4.78 is 27.1. The van der Waals surface area contributed by atoms with Gasteiger partial charge in [-0.1, -0.05) is 18.2 Å². The largest absolute Gasteiger partial charge is 0.316 e. The highest BCUT2D eigenvalue weighted by Gasteiger charge is 2.25. The van der Waals surface area contributed by atoms with Gasteiger partial charge in [0, 0.05) is 19.6 Å². The number of rotatable bonds is 8. The lowest BCUT2D eigenvalue weighted by molar-refractivity contribution is 0.473. The fraction of sp³-hybridized carbons (Fsp3) is 0.375. The molecule has 4 nitrogen and oxygen atoms in total. The van der Waals surface area contributed by atoms with Gasteiger partial charge in [-0.2, -0.15) is 4.31 Å². The highest BCUT2D eigenvalue weighted by atomic mass is 32.2. The molecule has 0 aromatic heterocycles. The second-order valence-electron chi connectivity index (χ2n) is 4.97. The molecule has 5 heteroatoms. The summed E-state index contributed by atoms with van der Waals surface area (Å²) in [5.74, 6) is 0. The van der Waals surface area contributed by atoms with Crippen LogP contribution in [0.25, 0.3) is 0 Å². The molecule has 0 fully saturated rings. The summed E-state index contributed by atoms with van der Waals surface area (Å²) in [6.45, 7) is 12.2. The first kappa shape index (κ1) is 17.6. The molecular formula is C16H24N2O2S. The minimum atomic E-state index is -3.56. The van der Waals surface area contributed by atoms with E-state index in [4.69, 9.17) is 0 Å². The van der Waals surface area contributed by atoms with Crippen molar-refractivity contribution in [1.82, 2.24) is 9.62 Å². The molecular weight excluding hydrogens is 284 g/mol. The average Bonchev–Trinajstić information content (AvgIpc) is 2.42. The molecule has 0 aliphatic carbocycles. The Morgan fingerprint density at radius 3 is 2.24 bits per heavy atom. The van der Waals surface area contributed by atoms with Crippen molar-refractivity contribution in [2.24, 2.45) is 0 Å². The lowest BCUT2D eigenvalue weighted by atomic mass is 10.1. The van der Waals surface area contributed by atoms with Crippen LogP contribution in [-0.4, -0.2) is 32.9 Å². The van der Waals surface area contributed by atoms with Gasteiger partial charge < -0.3 is 5.32 Å². The van der Waals surface area contributed by atoms with Crippen molar-refractivity contribution in [2.45, 2.75) is 25.3 Å². The van der Waals surface area contributed by atoms with Crippen molar-refractivity contribution < 1.29 is 8.42 Å². The normalized spacial score (nSPS) is 11.6. The quantitative estimate of drug-likeness (QED) is 0.750. The zero-order chi connectivity index (χ0) is 16.0. The van der Waals surface area contributed by atoms with Crippen molar-refractivity contribution in [1.29, 1.82) is 0 Å². The lowest BCUT2D eigenvalue weighted by Gasteiger charge is -2.21. The van der Waals surface area contributed by atoms with E-state index >= 15 is 0 Å². The van der Waals surface area contributed by atoms with Crippen molar-refractivity contribution in [2.75, 3.05) is 20.1 Å². The van der Waals surface area contributed by atoms with E-state index in [2.05, 4.69) is 18.5 Å². The summed E-state index contributed by atoms with van der Waals surface area (Å²) in [5.41, 5.74) is 2.71. The molecule has 1 aromatic carbocycles. The Labute approximate surface area is 128 Å². The molecule has 1 aromatic rings. The van der Waals surface area contributed by atoms with Crippen molar-refractivity contribution in [3.63, 3.8) is 0 Å². The summed E-state index contributed by atoms with van der Waals surface area (Å²) in [6.07, 6.45) is 3.17. The van der Waals surface area contributed by atoms with E-state index in [9.17, 15) is 8.42 Å². The smallest absolute Gasteiger partial charge is 0.243 e. The minimum Gasteiger partial charge on any atom is -0.316 e. The maximum atomic E-state index is 12.9. The van der Waals surface area contributed by atoms with Crippen molar-refractivity contribution in [3.05, 3.63) is 54.1 Å². The van der Waals surface area contributed by atoms with E-state index in [1.807, 2.05) is 27.0 Å². The molecule has 21 heavy (non-hydrogen) atoms. The van der Waals surface area contributed by atoms with Crippen LogP contribution in [0.15, 0.2) is 42.3 Å². The van der Waals surface area contributed by atoms with Crippen LogP contribution in [0.4, 0.5) is 0 Å². The first-order valence-electron chi connectivity index (χ1n) is 6.85. The molecule has 0 spiro atoms. The van der Waals surface area contributed by atoms with Gasteiger partial charge in [0.15, 0.2) is 0 Å². The number of sulfonamides is 1. The highest BCUT2D eigenvalue weighted by Crippen LogP contribution is 2.24. The summed E-state index contributed by atoms with van der Waals surface area (Å²) in [5, 5.41) is 3.05. The van der Waals surface area contributed by atoms with Gasteiger partial charge in [-0.15, -0.1) is 13.2 Å². The number of aryl methyl sites for hydroxylation is 1. The molecule has 1 rings (SSSR count). The molecule has 0 saturated heterocycles. The van der Waals surface area contributed by atoms with Crippen LogP contribution < -0.4 is 5.32 Å². The van der Waals surface area contributed by atoms with Crippen LogP contribution in [0.5, 0.6) is 0 Å². The van der Waals surface area contributed by atoms with Gasteiger partial charge in [-0.3, -0.25) is 0 Å². The Bertz CT molecular complexity index is 611. The molecule has 0 unspecified atom stereocenters. The zero-order valence-electron chi connectivity index (χ0n) is 13.0. The molecule has 0 aliphatic rings. The number of nitrogens with one attached hydrogen (secondary N) is 1. The van der Waals surface area contributed by atoms with Gasteiger partial charge >= 0.3 is 0 Å². The highest BCUT2D eigenvalue weighted by molar-refractivity contribution is 7.89. The van der Waals surface area contributed by atoms with E-state index in [1.165, 1.54) is 4.31 Å². The SMILES string of the molecule is C=CCN(CC=C)S(=O)(=O)c1cc(CNC)cc(C)c1C. The van der Waals surface area contributed by atoms with Gasteiger partial charge in [-0.25, -0.2) is 8.42 Å². The Balaban J connectivity index is 3.40. The van der Waals surface area contributed by atoms with Gasteiger partial charge in [0.1, 0.15) is 0 Å². The predicted molar refractivity (Wildman–Crippen MR) is 87.8 cm³/mol. The number of hydrogen-bond acceptors (Lipinski definition) is 3. The first-order valence-corrected chi connectivity index (χ1v) is 8.29. The van der Waals surface area contributed by atoms with Crippen LogP contribution in [0.2, 0.25) is 0 Å². The minimum absolute atomic E-state index is 0.267. The monoisotopic (exact) mass is 308 g/mol. The Morgan fingerprint density at radius 1 is 1.19 bits per heavy atom. The van der Waals surface area contributed by atoms with Gasteiger partial charge in [0.25, 0.3) is 0 Å². The maximum Gasteiger partial charge on any atom is 0.243 e. The van der Waals surface area contributed by atoms with Crippen molar-refractivity contribution in [3.8, 4) is 0 Å². The first-order chi connectivity index (χ1) is 9.88. The zero-order valence-corrected chi connectivity index (χ0v) is 13.8. The third kappa shape index (κ3) is 4.03. The summed E-state index contributed by atoms with van der Waals surface area (Å²) in [6, 6.07) is 3.75. The number of benzene rings is 1. The maximum absolute atomic E-state index is 12.9. The van der Waals surface area contributed by atoms with E-state index in [0.29, 0.717) is 11.4 Å². The molecule has 0 saturated carbocycles. The lowest BCUT2D eigenvalue weighted by Crippen LogP contribution is -2.32. The Morgan fingerprint density at radius 2 is 1.76 bits per heavy atom. The second kappa shape index (κ2) is 7.54. The van der Waals surface area contributed by atoms with E-state index < -0.39 is 10.0 Å². The van der Waals surface area contributed by atoms with E-state index in [-0.39, 0.29) is 13.1 Å². The van der Waals surface area contributed by atoms with Crippen LogP contribution in [0.3, 0.4) is 0 Å². The Hall–Kier alpha value is -1.43. The molecule has 0 aliphatic heterocycles. The molecule has 0 atom stereocenters.